The first-order valence-corrected chi connectivity index (χ1v) is 24.8. The number of hydrogen-bond acceptors (Lipinski definition) is 2. The third-order valence-corrected chi connectivity index (χ3v) is 15.1. The maximum atomic E-state index is 7.23. The summed E-state index contributed by atoms with van der Waals surface area (Å²) in [6, 6.07) is 69.0. The first kappa shape index (κ1) is 42.3. The van der Waals surface area contributed by atoms with Crippen LogP contribution in [0.15, 0.2) is 194 Å². The van der Waals surface area contributed by atoms with E-state index >= 15 is 0 Å². The minimum atomic E-state index is -0.0304. The lowest BCUT2D eigenvalue weighted by Crippen LogP contribution is -2.46. The number of benzene rings is 8. The van der Waals surface area contributed by atoms with Crippen molar-refractivity contribution in [2.75, 3.05) is 0 Å². The van der Waals surface area contributed by atoms with Crippen LogP contribution in [0.4, 0.5) is 22.7 Å². The number of aromatic nitrogens is 3. The highest BCUT2D eigenvalue weighted by molar-refractivity contribution is 6.10. The molecule has 2 atom stereocenters. The van der Waals surface area contributed by atoms with Gasteiger partial charge in [0.15, 0.2) is 18.0 Å². The summed E-state index contributed by atoms with van der Waals surface area (Å²) in [6.07, 6.45) is 1.94. The van der Waals surface area contributed by atoms with Gasteiger partial charge in [-0.25, -0.2) is 4.98 Å². The molecule has 0 N–H and O–H groups in total. The number of ether oxygens (including phenoxy) is 1. The first-order valence-electron chi connectivity index (χ1n) is 24.8. The van der Waals surface area contributed by atoms with Gasteiger partial charge in [0.25, 0.3) is 0 Å². The van der Waals surface area contributed by atoms with Crippen molar-refractivity contribution in [3.63, 3.8) is 0 Å². The molecule has 1 saturated heterocycles. The van der Waals surface area contributed by atoms with Crippen molar-refractivity contribution in [3.05, 3.63) is 218 Å². The van der Waals surface area contributed by atoms with E-state index in [-0.39, 0.29) is 5.41 Å². The van der Waals surface area contributed by atoms with Crippen molar-refractivity contribution in [1.82, 2.24) is 23.3 Å². The summed E-state index contributed by atoms with van der Waals surface area (Å²) >= 11 is 0. The van der Waals surface area contributed by atoms with Crippen LogP contribution in [0.2, 0.25) is 0 Å². The van der Waals surface area contributed by atoms with Crippen LogP contribution < -0.4 is 13.9 Å². The Labute approximate surface area is 410 Å². The van der Waals surface area contributed by atoms with Crippen molar-refractivity contribution < 1.29 is 4.74 Å². The van der Waals surface area contributed by atoms with Gasteiger partial charge in [-0.1, -0.05) is 146 Å². The second kappa shape index (κ2) is 15.4. The van der Waals surface area contributed by atoms with Crippen molar-refractivity contribution in [2.24, 2.45) is 0 Å². The highest BCUT2D eigenvalue weighted by Gasteiger charge is 2.78. The molecule has 0 spiro atoms. The van der Waals surface area contributed by atoms with Crippen molar-refractivity contribution in [2.45, 2.75) is 65.7 Å². The SMILES string of the molecule is CC(C)c1cccc(C(C)C)c1-c1cccc([N@+]23[CH-][N+]2(c2cc(Oc4ccc5c6ccccc6n(-c6cc(C(C)(C)C)ccn6)c5c4)cc(-n4c5ccccc5c5ccccc54)c2)c2ccccc23)c1. The van der Waals surface area contributed by atoms with Gasteiger partial charge in [-0.05, 0) is 87.5 Å². The number of quaternary nitrogens is 2. The predicted molar refractivity (Wildman–Crippen MR) is 292 cm³/mol. The zero-order valence-corrected chi connectivity index (χ0v) is 40.9. The Kier molecular flexibility index (Phi) is 9.29. The Morgan fingerprint density at radius 2 is 1.06 bits per heavy atom. The van der Waals surface area contributed by atoms with Crippen LogP contribution in [0.25, 0.3) is 66.2 Å². The number of pyridine rings is 1. The van der Waals surface area contributed by atoms with E-state index in [1.54, 1.807) is 0 Å². The Hall–Kier alpha value is -7.77. The number of hydrogen-bond donors (Lipinski definition) is 0. The molecule has 342 valence electrons. The number of fused-ring (bicyclic) bond motifs is 10. The van der Waals surface area contributed by atoms with E-state index in [0.29, 0.717) is 21.0 Å². The van der Waals surface area contributed by atoms with Crippen molar-refractivity contribution >= 4 is 66.4 Å². The van der Waals surface area contributed by atoms with Gasteiger partial charge in [-0.2, -0.15) is 9.18 Å². The molecule has 6 heteroatoms. The molecule has 3 aromatic heterocycles. The fraction of sp³-hybridized carbons (Fsp3) is 0.156. The molecule has 0 aliphatic carbocycles. The zero-order chi connectivity index (χ0) is 47.7. The summed E-state index contributed by atoms with van der Waals surface area (Å²) in [7, 11) is 0. The van der Waals surface area contributed by atoms with E-state index in [1.165, 1.54) is 61.0 Å². The smallest absolute Gasteiger partial charge is 0.225 e. The fourth-order valence-corrected chi connectivity index (χ4v) is 11.8. The van der Waals surface area contributed by atoms with Gasteiger partial charge in [0, 0.05) is 76.3 Å². The molecule has 0 radical (unpaired) electrons. The minimum absolute atomic E-state index is 0.0304. The topological polar surface area (TPSA) is 32.0 Å². The monoisotopic (exact) mass is 910 g/mol. The quantitative estimate of drug-likeness (QED) is 0.0821. The summed E-state index contributed by atoms with van der Waals surface area (Å²) in [5.41, 5.74) is 17.0. The Bertz CT molecular complexity index is 3840. The van der Waals surface area contributed by atoms with Gasteiger partial charge in [-0.15, -0.1) is 0 Å². The molecule has 5 heterocycles. The Balaban J connectivity index is 1.01. The van der Waals surface area contributed by atoms with E-state index in [2.05, 4.69) is 252 Å². The molecule has 6 nitrogen and oxygen atoms in total. The number of rotatable bonds is 9. The molecule has 1 unspecified atom stereocenters. The molecule has 1 fully saturated rings. The molecule has 0 bridgehead atoms. The van der Waals surface area contributed by atoms with E-state index in [0.717, 1.165) is 56.1 Å². The van der Waals surface area contributed by atoms with Crippen molar-refractivity contribution in [3.8, 4) is 34.1 Å². The zero-order valence-electron chi connectivity index (χ0n) is 40.9. The summed E-state index contributed by atoms with van der Waals surface area (Å²) in [6.45, 7) is 18.5. The van der Waals surface area contributed by atoms with Gasteiger partial charge in [0.2, 0.25) is 11.4 Å². The molecule has 2 aliphatic rings. The molecule has 0 amide bonds. The molecule has 2 aliphatic heterocycles. The van der Waals surface area contributed by atoms with Crippen LogP contribution in [-0.2, 0) is 5.41 Å². The van der Waals surface area contributed by atoms with Crippen LogP contribution in [0.3, 0.4) is 0 Å². The summed E-state index contributed by atoms with van der Waals surface area (Å²) in [5.74, 6) is 3.19. The molecular formula is C64H56N5O+. The lowest BCUT2D eigenvalue weighted by Gasteiger charge is -2.40. The van der Waals surface area contributed by atoms with Gasteiger partial charge in [0.05, 0.1) is 27.8 Å². The van der Waals surface area contributed by atoms with Crippen LogP contribution in [0, 0.1) is 6.67 Å². The van der Waals surface area contributed by atoms with Gasteiger partial charge in [0.1, 0.15) is 17.3 Å². The van der Waals surface area contributed by atoms with E-state index < -0.39 is 0 Å². The maximum Gasteiger partial charge on any atom is 0.225 e. The highest BCUT2D eigenvalue weighted by Crippen LogP contribution is 2.75. The third kappa shape index (κ3) is 6.09. The van der Waals surface area contributed by atoms with E-state index in [9.17, 15) is 0 Å². The van der Waals surface area contributed by atoms with Crippen LogP contribution >= 0.6 is 0 Å². The van der Waals surface area contributed by atoms with Crippen LogP contribution in [-0.4, -0.2) is 14.1 Å². The second-order valence-electron chi connectivity index (χ2n) is 21.0. The van der Waals surface area contributed by atoms with Gasteiger partial charge < -0.3 is 9.30 Å². The van der Waals surface area contributed by atoms with E-state index in [1.807, 2.05) is 6.20 Å². The van der Waals surface area contributed by atoms with Crippen LogP contribution in [0.1, 0.15) is 77.0 Å². The Morgan fingerprint density at radius 3 is 1.69 bits per heavy atom. The minimum Gasteiger partial charge on any atom is -0.457 e. The Morgan fingerprint density at radius 1 is 0.486 bits per heavy atom. The number of para-hydroxylation sites is 5. The average Bonchev–Trinajstić information content (AvgIpc) is 3.66. The molecule has 13 rings (SSSR count). The normalized spacial score (nSPS) is 17.4. The average molecular weight is 911 g/mol. The van der Waals surface area contributed by atoms with E-state index in [4.69, 9.17) is 9.72 Å². The fourth-order valence-electron chi connectivity index (χ4n) is 11.8. The van der Waals surface area contributed by atoms with Crippen molar-refractivity contribution in [1.29, 1.82) is 0 Å². The lowest BCUT2D eigenvalue weighted by molar-refractivity contribution is 0.424. The molecule has 11 aromatic rings. The number of nitrogens with zero attached hydrogens (tertiary/aromatic N) is 5. The first-order chi connectivity index (χ1) is 34.0. The summed E-state index contributed by atoms with van der Waals surface area (Å²) in [5, 5.41) is 4.77. The second-order valence-corrected chi connectivity index (χ2v) is 21.0. The van der Waals surface area contributed by atoms with Gasteiger partial charge in [-0.3, -0.25) is 4.57 Å². The molecule has 70 heavy (non-hydrogen) atoms. The molecule has 8 aromatic carbocycles. The summed E-state index contributed by atoms with van der Waals surface area (Å²) in [4.78, 5) is 4.97. The van der Waals surface area contributed by atoms with Gasteiger partial charge >= 0.3 is 0 Å². The molecular weight excluding hydrogens is 855 g/mol. The third-order valence-electron chi connectivity index (χ3n) is 15.1. The molecule has 0 saturated carbocycles. The standard InChI is InChI=1S/C64H56N5O/c1-41(2)50-23-17-24-51(42(3)4)63(50)43-18-16-19-46(34-43)68-40-69(68,61-29-15-14-28-60(61)68)47-36-45(66-56-25-11-8-20-52(56)53-21-9-12-26-57(53)66)37-49(38-47)70-48-30-31-55-54-22-10-13-27-58(54)67(59(55)39-48)62-35-44(32-33-65-62)64(5,6)7/h8-42H,1-7H3/q+1/t68-,69?/m0/s1. The lowest BCUT2D eigenvalue weighted by atomic mass is 9.85. The highest BCUT2D eigenvalue weighted by atomic mass is 16.5. The predicted octanol–water partition coefficient (Wildman–Crippen LogP) is 17.6. The summed E-state index contributed by atoms with van der Waals surface area (Å²) < 4.78 is 13.0. The van der Waals surface area contributed by atoms with Crippen LogP contribution in [0.5, 0.6) is 11.5 Å². The maximum absolute atomic E-state index is 7.23. The largest absolute Gasteiger partial charge is 0.457 e.